The Labute approximate surface area is 90.1 Å². The number of carbonyl (C=O) groups is 1. The maximum absolute atomic E-state index is 11.6. The molecule has 2 aromatic heterocycles. The molecule has 0 spiro atoms. The van der Waals surface area contributed by atoms with Crippen LogP contribution < -0.4 is 5.56 Å². The zero-order valence-electron chi connectivity index (χ0n) is 7.90. The second-order valence-corrected chi connectivity index (χ2v) is 3.46. The Kier molecular flexibility index (Phi) is 2.28. The third-order valence-electron chi connectivity index (χ3n) is 2.18. The number of carbonyl (C=O) groups excluding carboxylic acids is 1. The third kappa shape index (κ3) is 1.53. The van der Waals surface area contributed by atoms with Crippen molar-refractivity contribution in [2.45, 2.75) is 0 Å². The number of fused-ring (bicyclic) bond motifs is 1. The van der Waals surface area contributed by atoms with Gasteiger partial charge in [0.05, 0.1) is 0 Å². The average molecular weight is 223 g/mol. The van der Waals surface area contributed by atoms with Crippen molar-refractivity contribution >= 4 is 27.9 Å². The maximum Gasteiger partial charge on any atom is 0.264 e. The van der Waals surface area contributed by atoms with Crippen molar-refractivity contribution in [2.24, 2.45) is 7.05 Å². The Bertz CT molecular complexity index is 604. The van der Waals surface area contributed by atoms with E-state index in [1.165, 1.54) is 10.6 Å². The van der Waals surface area contributed by atoms with Crippen LogP contribution in [0.25, 0.3) is 11.0 Å². The molecule has 0 amide bonds. The van der Waals surface area contributed by atoms with Gasteiger partial charge in [0.1, 0.15) is 11.2 Å². The van der Waals surface area contributed by atoms with Crippen molar-refractivity contribution in [3.63, 3.8) is 0 Å². The first-order valence-electron chi connectivity index (χ1n) is 4.26. The highest BCUT2D eigenvalue weighted by atomic mass is 35.5. The molecule has 0 saturated heterocycles. The smallest absolute Gasteiger partial charge is 0.264 e. The van der Waals surface area contributed by atoms with Gasteiger partial charge in [-0.15, -0.1) is 0 Å². The second-order valence-electron chi connectivity index (χ2n) is 3.11. The van der Waals surface area contributed by atoms with Crippen LogP contribution in [0.4, 0.5) is 0 Å². The summed E-state index contributed by atoms with van der Waals surface area (Å²) in [5, 5.41) is -0.0371. The Morgan fingerprint density at radius 1 is 1.53 bits per heavy atom. The first kappa shape index (κ1) is 9.86. The van der Waals surface area contributed by atoms with Gasteiger partial charge in [-0.3, -0.25) is 14.2 Å². The Morgan fingerprint density at radius 3 is 2.93 bits per heavy atom. The molecule has 0 saturated carbocycles. The fourth-order valence-corrected chi connectivity index (χ4v) is 1.57. The van der Waals surface area contributed by atoms with Gasteiger partial charge in [-0.1, -0.05) is 0 Å². The molecule has 0 aliphatic rings. The van der Waals surface area contributed by atoms with Crippen LogP contribution in [0, 0.1) is 0 Å². The lowest BCUT2D eigenvalue weighted by molar-refractivity contribution is 0.108. The molecule has 0 fully saturated rings. The normalized spacial score (nSPS) is 10.5. The molecule has 0 aliphatic heterocycles. The average Bonchev–Trinajstić information content (AvgIpc) is 2.23. The maximum atomic E-state index is 11.6. The van der Waals surface area contributed by atoms with Crippen molar-refractivity contribution in [1.29, 1.82) is 0 Å². The fraction of sp³-hybridized carbons (Fsp3) is 0.100. The summed E-state index contributed by atoms with van der Waals surface area (Å²) in [7, 11) is 1.56. The summed E-state index contributed by atoms with van der Waals surface area (Å²) in [6.07, 6.45) is 1.59. The summed E-state index contributed by atoms with van der Waals surface area (Å²) >= 11 is 5.31. The molecule has 15 heavy (non-hydrogen) atoms. The van der Waals surface area contributed by atoms with E-state index in [1.54, 1.807) is 25.4 Å². The van der Waals surface area contributed by atoms with E-state index in [1.807, 2.05) is 0 Å². The molecule has 0 atom stereocenters. The topological polar surface area (TPSA) is 52.0 Å². The Morgan fingerprint density at radius 2 is 2.27 bits per heavy atom. The number of aryl methyl sites for hydroxylation is 1. The van der Waals surface area contributed by atoms with Crippen LogP contribution in [-0.2, 0) is 7.05 Å². The zero-order chi connectivity index (χ0) is 11.0. The molecule has 2 heterocycles. The summed E-state index contributed by atoms with van der Waals surface area (Å²) in [4.78, 5) is 26.7. The molecule has 4 nitrogen and oxygen atoms in total. The second kappa shape index (κ2) is 3.47. The highest BCUT2D eigenvalue weighted by Gasteiger charge is 2.11. The molecule has 2 aromatic rings. The first-order chi connectivity index (χ1) is 7.11. The molecule has 2 rings (SSSR count). The number of rotatable bonds is 1. The number of pyridine rings is 2. The molecular weight excluding hydrogens is 216 g/mol. The Balaban J connectivity index is 2.95. The van der Waals surface area contributed by atoms with E-state index in [0.29, 0.717) is 11.0 Å². The molecule has 0 aromatic carbocycles. The van der Waals surface area contributed by atoms with Crippen molar-refractivity contribution in [3.05, 3.63) is 40.3 Å². The van der Waals surface area contributed by atoms with Gasteiger partial charge in [-0.2, -0.15) is 0 Å². The largest absolute Gasteiger partial charge is 0.295 e. The molecule has 0 radical (unpaired) electrons. The van der Waals surface area contributed by atoms with Crippen LogP contribution in [-0.4, -0.2) is 14.8 Å². The predicted molar refractivity (Wildman–Crippen MR) is 57.2 cm³/mol. The molecule has 0 bridgehead atoms. The molecular formula is C10H7ClN2O2. The minimum atomic E-state index is -0.749. The van der Waals surface area contributed by atoms with Crippen molar-refractivity contribution in [2.75, 3.05) is 0 Å². The molecule has 0 aliphatic carbocycles. The number of halogens is 1. The lowest BCUT2D eigenvalue weighted by atomic mass is 10.2. The van der Waals surface area contributed by atoms with Gasteiger partial charge in [0.25, 0.3) is 10.8 Å². The van der Waals surface area contributed by atoms with Crippen LogP contribution in [0.2, 0.25) is 0 Å². The van der Waals surface area contributed by atoms with Gasteiger partial charge in [-0.05, 0) is 29.8 Å². The van der Waals surface area contributed by atoms with Crippen LogP contribution in [0.5, 0.6) is 0 Å². The molecule has 76 valence electrons. The van der Waals surface area contributed by atoms with E-state index in [0.717, 1.165) is 0 Å². The van der Waals surface area contributed by atoms with E-state index in [2.05, 4.69) is 4.98 Å². The standard InChI is InChI=1S/C10H7ClN2O2/c1-13-9-6(3-2-4-12-9)5-7(8(11)14)10(13)15/h2-5H,1H3. The van der Waals surface area contributed by atoms with Crippen molar-refractivity contribution in [3.8, 4) is 0 Å². The van der Waals surface area contributed by atoms with E-state index in [9.17, 15) is 9.59 Å². The predicted octanol–water partition coefficient (Wildman–Crippen LogP) is 1.31. The van der Waals surface area contributed by atoms with Crippen LogP contribution in [0.15, 0.2) is 29.2 Å². The number of hydrogen-bond acceptors (Lipinski definition) is 3. The summed E-state index contributed by atoms with van der Waals surface area (Å²) in [5.74, 6) is 0. The first-order valence-corrected chi connectivity index (χ1v) is 4.63. The van der Waals surface area contributed by atoms with Gasteiger partial charge < -0.3 is 0 Å². The summed E-state index contributed by atoms with van der Waals surface area (Å²) in [6, 6.07) is 4.96. The number of hydrogen-bond donors (Lipinski definition) is 0. The molecule has 5 heteroatoms. The van der Waals surface area contributed by atoms with Gasteiger partial charge in [0.2, 0.25) is 0 Å². The number of nitrogens with zero attached hydrogens (tertiary/aromatic N) is 2. The van der Waals surface area contributed by atoms with Gasteiger partial charge in [0.15, 0.2) is 0 Å². The van der Waals surface area contributed by atoms with E-state index in [4.69, 9.17) is 11.6 Å². The summed E-state index contributed by atoms with van der Waals surface area (Å²) < 4.78 is 1.31. The van der Waals surface area contributed by atoms with Crippen LogP contribution in [0.3, 0.4) is 0 Å². The van der Waals surface area contributed by atoms with Crippen LogP contribution in [0.1, 0.15) is 10.4 Å². The van der Waals surface area contributed by atoms with E-state index >= 15 is 0 Å². The molecule has 0 N–H and O–H groups in total. The van der Waals surface area contributed by atoms with Crippen LogP contribution >= 0.6 is 11.6 Å². The summed E-state index contributed by atoms with van der Waals surface area (Å²) in [5.41, 5.74) is 0.0741. The molecule has 0 unspecified atom stereocenters. The lowest BCUT2D eigenvalue weighted by Crippen LogP contribution is -2.23. The van der Waals surface area contributed by atoms with Gasteiger partial charge in [-0.25, -0.2) is 4.98 Å². The third-order valence-corrected chi connectivity index (χ3v) is 2.38. The quantitative estimate of drug-likeness (QED) is 0.684. The van der Waals surface area contributed by atoms with E-state index in [-0.39, 0.29) is 5.56 Å². The fourth-order valence-electron chi connectivity index (χ4n) is 1.44. The monoisotopic (exact) mass is 222 g/mol. The van der Waals surface area contributed by atoms with Crippen molar-refractivity contribution in [1.82, 2.24) is 9.55 Å². The zero-order valence-corrected chi connectivity index (χ0v) is 8.65. The highest BCUT2D eigenvalue weighted by molar-refractivity contribution is 6.67. The number of aromatic nitrogens is 2. The summed E-state index contributed by atoms with van der Waals surface area (Å²) in [6.45, 7) is 0. The minimum Gasteiger partial charge on any atom is -0.295 e. The van der Waals surface area contributed by atoms with Gasteiger partial charge >= 0.3 is 0 Å². The minimum absolute atomic E-state index is 0.0281. The SMILES string of the molecule is Cn1c(=O)c(C(=O)Cl)cc2cccnc21. The Hall–Kier alpha value is -1.68. The highest BCUT2D eigenvalue weighted by Crippen LogP contribution is 2.10. The van der Waals surface area contributed by atoms with Crippen molar-refractivity contribution < 1.29 is 4.79 Å². The lowest BCUT2D eigenvalue weighted by Gasteiger charge is -2.04. The van der Waals surface area contributed by atoms with E-state index < -0.39 is 10.8 Å². The van der Waals surface area contributed by atoms with Gasteiger partial charge in [0, 0.05) is 18.6 Å².